The van der Waals surface area contributed by atoms with E-state index in [1.165, 1.54) is 0 Å². The second kappa shape index (κ2) is 10.8. The van der Waals surface area contributed by atoms with E-state index in [0.29, 0.717) is 25.3 Å². The highest BCUT2D eigenvalue weighted by molar-refractivity contribution is 5.94. The molecule has 0 radical (unpaired) electrons. The first-order valence-corrected chi connectivity index (χ1v) is 11.3. The first-order valence-electron chi connectivity index (χ1n) is 11.3. The Hall–Kier alpha value is -2.61. The number of morpholine rings is 1. The number of methoxy groups -OCH3 is 1. The van der Waals surface area contributed by atoms with Crippen molar-refractivity contribution in [2.24, 2.45) is 0 Å². The fourth-order valence-corrected chi connectivity index (χ4v) is 4.35. The van der Waals surface area contributed by atoms with Gasteiger partial charge in [-0.2, -0.15) is 0 Å². The van der Waals surface area contributed by atoms with Gasteiger partial charge in [-0.1, -0.05) is 24.3 Å². The molecule has 1 unspecified atom stereocenters. The van der Waals surface area contributed by atoms with Gasteiger partial charge in [0.25, 0.3) is 5.91 Å². The molecule has 2 aromatic carbocycles. The molecule has 1 atom stereocenters. The van der Waals surface area contributed by atoms with Crippen LogP contribution in [0.1, 0.15) is 22.0 Å². The van der Waals surface area contributed by atoms with Crippen molar-refractivity contribution in [2.45, 2.75) is 6.04 Å². The molecule has 2 aliphatic heterocycles. The predicted molar refractivity (Wildman–Crippen MR) is 123 cm³/mol. The molecule has 2 aromatic rings. The smallest absolute Gasteiger partial charge is 0.254 e. The molecule has 4 rings (SSSR count). The van der Waals surface area contributed by atoms with Crippen molar-refractivity contribution >= 4 is 5.91 Å². The lowest BCUT2D eigenvalue weighted by atomic mass is 10.0. The van der Waals surface area contributed by atoms with E-state index in [1.54, 1.807) is 7.11 Å². The topological polar surface area (TPSA) is 54.5 Å². The number of hydrogen-bond donors (Lipinski definition) is 0. The van der Waals surface area contributed by atoms with Crippen LogP contribution in [0, 0.1) is 0 Å². The summed E-state index contributed by atoms with van der Waals surface area (Å²) >= 11 is 0. The average Bonchev–Trinajstić information content (AvgIpc) is 2.85. The van der Waals surface area contributed by atoms with Crippen LogP contribution in [0.4, 0.5) is 0 Å². The second-order valence-corrected chi connectivity index (χ2v) is 8.32. The Kier molecular flexibility index (Phi) is 7.63. The third-order valence-electron chi connectivity index (χ3n) is 6.29. The van der Waals surface area contributed by atoms with Gasteiger partial charge < -0.3 is 19.1 Å². The highest BCUT2D eigenvalue weighted by atomic mass is 16.5. The van der Waals surface area contributed by atoms with E-state index < -0.39 is 0 Å². The molecule has 0 bridgehead atoms. The molecule has 0 N–H and O–H groups in total. The number of piperazine rings is 1. The van der Waals surface area contributed by atoms with Gasteiger partial charge in [0.1, 0.15) is 18.1 Å². The molecule has 1 amide bonds. The molecular formula is C25H33N3O4. The zero-order valence-corrected chi connectivity index (χ0v) is 19.0. The van der Waals surface area contributed by atoms with Crippen molar-refractivity contribution in [1.82, 2.24) is 14.7 Å². The van der Waals surface area contributed by atoms with Crippen LogP contribution in [0.2, 0.25) is 0 Å². The predicted octanol–water partition coefficient (Wildman–Crippen LogP) is 2.54. The molecule has 32 heavy (non-hydrogen) atoms. The number of hydrogen-bond acceptors (Lipinski definition) is 6. The van der Waals surface area contributed by atoms with Gasteiger partial charge in [-0.05, 0) is 31.3 Å². The lowest BCUT2D eigenvalue weighted by Crippen LogP contribution is -2.49. The van der Waals surface area contributed by atoms with Crippen LogP contribution in [0.25, 0.3) is 0 Å². The Morgan fingerprint density at radius 3 is 2.69 bits per heavy atom. The van der Waals surface area contributed by atoms with Crippen molar-refractivity contribution in [3.8, 4) is 11.5 Å². The molecule has 2 heterocycles. The summed E-state index contributed by atoms with van der Waals surface area (Å²) in [5.41, 5.74) is 1.77. The Balaban J connectivity index is 1.39. The number of ether oxygens (including phenoxy) is 3. The maximum atomic E-state index is 13.3. The summed E-state index contributed by atoms with van der Waals surface area (Å²) in [6.07, 6.45) is 0. The first-order chi connectivity index (χ1) is 15.7. The quantitative estimate of drug-likeness (QED) is 0.661. The number of carbonyl (C=O) groups excluding carboxylic acids is 1. The van der Waals surface area contributed by atoms with Gasteiger partial charge in [0.05, 0.1) is 26.4 Å². The molecule has 2 fully saturated rings. The third-order valence-corrected chi connectivity index (χ3v) is 6.29. The normalized spacial score (nSPS) is 20.2. The Morgan fingerprint density at radius 1 is 1.06 bits per heavy atom. The van der Waals surface area contributed by atoms with Gasteiger partial charge >= 0.3 is 0 Å². The van der Waals surface area contributed by atoms with Crippen LogP contribution in [0.3, 0.4) is 0 Å². The molecule has 7 heteroatoms. The Bertz CT molecular complexity index is 900. The third kappa shape index (κ3) is 5.41. The minimum atomic E-state index is 0.0385. The van der Waals surface area contributed by atoms with E-state index in [9.17, 15) is 4.79 Å². The number of rotatable bonds is 7. The molecule has 172 valence electrons. The maximum Gasteiger partial charge on any atom is 0.254 e. The number of likely N-dealkylation sites (N-methyl/N-ethyl adjacent to an activating group) is 1. The molecule has 0 saturated carbocycles. The number of benzene rings is 2. The largest absolute Gasteiger partial charge is 0.496 e. The zero-order valence-electron chi connectivity index (χ0n) is 19.0. The van der Waals surface area contributed by atoms with Gasteiger partial charge in [0, 0.05) is 50.4 Å². The van der Waals surface area contributed by atoms with Gasteiger partial charge in [-0.3, -0.25) is 14.6 Å². The van der Waals surface area contributed by atoms with Crippen molar-refractivity contribution in [3.63, 3.8) is 0 Å². The number of para-hydroxylation sites is 1. The van der Waals surface area contributed by atoms with Crippen LogP contribution < -0.4 is 9.47 Å². The average molecular weight is 440 g/mol. The van der Waals surface area contributed by atoms with Crippen LogP contribution in [0.5, 0.6) is 11.5 Å². The maximum absolute atomic E-state index is 13.3. The molecule has 7 nitrogen and oxygen atoms in total. The van der Waals surface area contributed by atoms with Gasteiger partial charge in [-0.25, -0.2) is 0 Å². The van der Waals surface area contributed by atoms with E-state index in [1.807, 2.05) is 47.4 Å². The minimum Gasteiger partial charge on any atom is -0.496 e. The minimum absolute atomic E-state index is 0.0385. The fourth-order valence-electron chi connectivity index (χ4n) is 4.35. The fraction of sp³-hybridized carbons (Fsp3) is 0.480. The van der Waals surface area contributed by atoms with Crippen molar-refractivity contribution < 1.29 is 19.0 Å². The van der Waals surface area contributed by atoms with E-state index in [0.717, 1.165) is 56.5 Å². The summed E-state index contributed by atoms with van der Waals surface area (Å²) in [5, 5.41) is 0. The van der Waals surface area contributed by atoms with Crippen molar-refractivity contribution in [3.05, 3.63) is 59.7 Å². The molecule has 2 aliphatic rings. The van der Waals surface area contributed by atoms with Crippen molar-refractivity contribution in [1.29, 1.82) is 0 Å². The van der Waals surface area contributed by atoms with Crippen LogP contribution in [-0.2, 0) is 4.74 Å². The van der Waals surface area contributed by atoms with E-state index in [2.05, 4.69) is 22.9 Å². The van der Waals surface area contributed by atoms with Crippen molar-refractivity contribution in [2.75, 3.05) is 73.2 Å². The molecule has 0 aromatic heterocycles. The SMILES string of the molecule is COc1ccccc1C1CN(C(=O)c2cccc(OCCN3CCOCC3)c2)CCN1C. The summed E-state index contributed by atoms with van der Waals surface area (Å²) in [6.45, 7) is 7.04. The molecule has 0 spiro atoms. The number of carbonyl (C=O) groups is 1. The lowest BCUT2D eigenvalue weighted by molar-refractivity contribution is 0.0322. The molecular weight excluding hydrogens is 406 g/mol. The summed E-state index contributed by atoms with van der Waals surface area (Å²) in [5.74, 6) is 1.63. The number of nitrogens with zero attached hydrogens (tertiary/aromatic N) is 3. The highest BCUT2D eigenvalue weighted by Crippen LogP contribution is 2.31. The van der Waals surface area contributed by atoms with Gasteiger partial charge in [0.15, 0.2) is 0 Å². The van der Waals surface area contributed by atoms with Gasteiger partial charge in [-0.15, -0.1) is 0 Å². The zero-order chi connectivity index (χ0) is 22.3. The summed E-state index contributed by atoms with van der Waals surface area (Å²) in [4.78, 5) is 19.9. The summed E-state index contributed by atoms with van der Waals surface area (Å²) in [6, 6.07) is 15.7. The summed E-state index contributed by atoms with van der Waals surface area (Å²) in [7, 11) is 3.79. The summed E-state index contributed by atoms with van der Waals surface area (Å²) < 4.78 is 16.9. The first kappa shape index (κ1) is 22.6. The van der Waals surface area contributed by atoms with E-state index in [4.69, 9.17) is 14.2 Å². The van der Waals surface area contributed by atoms with E-state index in [-0.39, 0.29) is 11.9 Å². The molecule has 2 saturated heterocycles. The monoisotopic (exact) mass is 439 g/mol. The molecule has 0 aliphatic carbocycles. The number of amides is 1. The van der Waals surface area contributed by atoms with Crippen LogP contribution >= 0.6 is 0 Å². The van der Waals surface area contributed by atoms with Crippen LogP contribution in [0.15, 0.2) is 48.5 Å². The standard InChI is InChI=1S/C25H33N3O4/c1-26-10-11-28(19-23(26)22-8-3-4-9-24(22)30-2)25(29)20-6-5-7-21(18-20)32-17-14-27-12-15-31-16-13-27/h3-9,18,23H,10-17,19H2,1-2H3. The van der Waals surface area contributed by atoms with Crippen LogP contribution in [-0.4, -0.2) is 93.9 Å². The Labute approximate surface area is 190 Å². The Morgan fingerprint density at radius 2 is 1.88 bits per heavy atom. The lowest BCUT2D eigenvalue weighted by Gasteiger charge is -2.40. The van der Waals surface area contributed by atoms with Gasteiger partial charge in [0.2, 0.25) is 0 Å². The van der Waals surface area contributed by atoms with E-state index >= 15 is 0 Å². The second-order valence-electron chi connectivity index (χ2n) is 8.32. The highest BCUT2D eigenvalue weighted by Gasteiger charge is 2.30.